The standard InChI is InChI=1S/C22H29F3N6O4S/c1-3-35-20(32)14-7-9-16(10-8-14)29-21-28-13-17(22(23,24)25)19(30-21)27-12-15-6-5-11-26-18(15)31-36(33,34)4-2/h5-6,11,13-14,16H,3-4,7-10,12H2,1-2H3,(H,26,31)(H2,27,28,29,30)/t14-,16+. The Labute approximate surface area is 207 Å². The molecule has 0 amide bonds. The Bertz CT molecular complexity index is 1150. The number of nitrogens with zero attached hydrogens (tertiary/aromatic N) is 3. The zero-order chi connectivity index (χ0) is 26.3. The molecular weight excluding hydrogens is 501 g/mol. The summed E-state index contributed by atoms with van der Waals surface area (Å²) >= 11 is 0. The summed E-state index contributed by atoms with van der Waals surface area (Å²) in [6.45, 7) is 3.35. The van der Waals surface area contributed by atoms with Crippen LogP contribution < -0.4 is 15.4 Å². The van der Waals surface area contributed by atoms with E-state index in [-0.39, 0.29) is 42.0 Å². The van der Waals surface area contributed by atoms with E-state index in [1.165, 1.54) is 13.1 Å². The van der Waals surface area contributed by atoms with E-state index >= 15 is 0 Å². The number of halogens is 3. The number of esters is 1. The highest BCUT2D eigenvalue weighted by Crippen LogP contribution is 2.35. The van der Waals surface area contributed by atoms with Gasteiger partial charge in [-0.25, -0.2) is 18.4 Å². The maximum atomic E-state index is 13.6. The molecule has 0 aliphatic heterocycles. The van der Waals surface area contributed by atoms with E-state index in [4.69, 9.17) is 4.74 Å². The average molecular weight is 531 g/mol. The van der Waals surface area contributed by atoms with E-state index in [2.05, 4.69) is 30.3 Å². The molecule has 0 radical (unpaired) electrons. The summed E-state index contributed by atoms with van der Waals surface area (Å²) in [6, 6.07) is 2.99. The second-order valence-electron chi connectivity index (χ2n) is 8.27. The second kappa shape index (κ2) is 11.7. The number of alkyl halides is 3. The summed E-state index contributed by atoms with van der Waals surface area (Å²) < 4.78 is 72.1. The number of ether oxygens (including phenoxy) is 1. The number of pyridine rings is 1. The van der Waals surface area contributed by atoms with Crippen LogP contribution in [0.1, 0.15) is 50.7 Å². The van der Waals surface area contributed by atoms with Crippen molar-refractivity contribution in [1.29, 1.82) is 0 Å². The van der Waals surface area contributed by atoms with Crippen LogP contribution in [-0.4, -0.2) is 47.7 Å². The molecule has 1 aliphatic carbocycles. The molecule has 0 bridgehead atoms. The first-order valence-corrected chi connectivity index (χ1v) is 13.2. The van der Waals surface area contributed by atoms with Gasteiger partial charge in [0.25, 0.3) is 0 Å². The molecule has 1 fully saturated rings. The van der Waals surface area contributed by atoms with Crippen LogP contribution in [0.2, 0.25) is 0 Å². The molecule has 3 rings (SSSR count). The van der Waals surface area contributed by atoms with Crippen LogP contribution in [0.25, 0.3) is 0 Å². The van der Waals surface area contributed by atoms with Crippen molar-refractivity contribution in [2.75, 3.05) is 27.7 Å². The molecule has 36 heavy (non-hydrogen) atoms. The van der Waals surface area contributed by atoms with Gasteiger partial charge in [-0.1, -0.05) is 6.07 Å². The lowest BCUT2D eigenvalue weighted by Gasteiger charge is -2.28. The van der Waals surface area contributed by atoms with Gasteiger partial charge in [-0.2, -0.15) is 18.2 Å². The van der Waals surface area contributed by atoms with Crippen LogP contribution in [0.15, 0.2) is 24.5 Å². The molecule has 10 nitrogen and oxygen atoms in total. The number of nitrogens with one attached hydrogen (secondary N) is 3. The normalized spacial score (nSPS) is 18.4. The Kier molecular flexibility index (Phi) is 8.93. The largest absolute Gasteiger partial charge is 0.466 e. The second-order valence-corrected chi connectivity index (χ2v) is 10.3. The molecule has 0 atom stereocenters. The molecule has 2 aromatic heterocycles. The maximum absolute atomic E-state index is 13.6. The van der Waals surface area contributed by atoms with E-state index in [1.807, 2.05) is 0 Å². The lowest BCUT2D eigenvalue weighted by molar-refractivity contribution is -0.149. The maximum Gasteiger partial charge on any atom is 0.421 e. The molecule has 0 aromatic carbocycles. The number of sulfonamides is 1. The summed E-state index contributed by atoms with van der Waals surface area (Å²) in [5, 5.41) is 5.70. The molecule has 2 aromatic rings. The van der Waals surface area contributed by atoms with Crippen molar-refractivity contribution in [1.82, 2.24) is 15.0 Å². The molecule has 1 saturated carbocycles. The van der Waals surface area contributed by atoms with Gasteiger partial charge in [0.15, 0.2) is 0 Å². The van der Waals surface area contributed by atoms with E-state index in [0.717, 1.165) is 0 Å². The Balaban J connectivity index is 1.74. The highest BCUT2D eigenvalue weighted by atomic mass is 32.2. The van der Waals surface area contributed by atoms with E-state index in [1.54, 1.807) is 19.1 Å². The Morgan fingerprint density at radius 3 is 2.50 bits per heavy atom. The predicted molar refractivity (Wildman–Crippen MR) is 128 cm³/mol. The van der Waals surface area contributed by atoms with Gasteiger partial charge < -0.3 is 15.4 Å². The monoisotopic (exact) mass is 530 g/mol. The van der Waals surface area contributed by atoms with E-state index in [9.17, 15) is 26.4 Å². The third-order valence-electron chi connectivity index (χ3n) is 5.74. The van der Waals surface area contributed by atoms with Crippen LogP contribution in [-0.2, 0) is 32.3 Å². The topological polar surface area (TPSA) is 135 Å². The number of rotatable bonds is 10. The first-order valence-electron chi connectivity index (χ1n) is 11.6. The van der Waals surface area contributed by atoms with Crippen LogP contribution >= 0.6 is 0 Å². The summed E-state index contributed by atoms with van der Waals surface area (Å²) in [7, 11) is -3.63. The fraction of sp³-hybridized carbons (Fsp3) is 0.545. The van der Waals surface area contributed by atoms with Crippen molar-refractivity contribution in [3.05, 3.63) is 35.7 Å². The van der Waals surface area contributed by atoms with Gasteiger partial charge in [-0.3, -0.25) is 9.52 Å². The Morgan fingerprint density at radius 1 is 1.14 bits per heavy atom. The summed E-state index contributed by atoms with van der Waals surface area (Å²) in [5.41, 5.74) is -0.716. The molecule has 1 aliphatic rings. The minimum atomic E-state index is -4.71. The van der Waals surface area contributed by atoms with Gasteiger partial charge in [-0.15, -0.1) is 0 Å². The summed E-state index contributed by atoms with van der Waals surface area (Å²) in [6.07, 6.45) is -0.201. The van der Waals surface area contributed by atoms with Gasteiger partial charge in [-0.05, 0) is 45.6 Å². The highest BCUT2D eigenvalue weighted by Gasteiger charge is 2.35. The first kappa shape index (κ1) is 27.4. The molecule has 3 N–H and O–H groups in total. The number of aromatic nitrogens is 3. The van der Waals surface area contributed by atoms with Crippen molar-refractivity contribution in [2.45, 2.75) is 58.3 Å². The highest BCUT2D eigenvalue weighted by molar-refractivity contribution is 7.92. The van der Waals surface area contributed by atoms with Gasteiger partial charge in [0.05, 0.1) is 18.3 Å². The van der Waals surface area contributed by atoms with E-state index < -0.39 is 27.6 Å². The molecule has 198 valence electrons. The number of anilines is 3. The molecule has 0 spiro atoms. The molecule has 14 heteroatoms. The van der Waals surface area contributed by atoms with Gasteiger partial charge in [0, 0.05) is 30.5 Å². The zero-order valence-corrected chi connectivity index (χ0v) is 20.7. The summed E-state index contributed by atoms with van der Waals surface area (Å²) in [4.78, 5) is 23.8. The van der Waals surface area contributed by atoms with Crippen molar-refractivity contribution in [2.24, 2.45) is 5.92 Å². The average Bonchev–Trinajstić information content (AvgIpc) is 2.83. The Morgan fingerprint density at radius 2 is 1.86 bits per heavy atom. The van der Waals surface area contributed by atoms with Crippen molar-refractivity contribution in [3.63, 3.8) is 0 Å². The van der Waals surface area contributed by atoms with Gasteiger partial charge in [0.1, 0.15) is 17.2 Å². The number of hydrogen-bond donors (Lipinski definition) is 3. The predicted octanol–water partition coefficient (Wildman–Crippen LogP) is 3.80. The van der Waals surface area contributed by atoms with Gasteiger partial charge in [0.2, 0.25) is 16.0 Å². The number of carbonyl (C=O) groups is 1. The van der Waals surface area contributed by atoms with Crippen LogP contribution in [0.4, 0.5) is 30.8 Å². The fourth-order valence-corrected chi connectivity index (χ4v) is 4.40. The van der Waals surface area contributed by atoms with Gasteiger partial charge >= 0.3 is 12.1 Å². The number of carbonyl (C=O) groups excluding carboxylic acids is 1. The van der Waals surface area contributed by atoms with Crippen molar-refractivity contribution >= 4 is 33.6 Å². The minimum absolute atomic E-state index is 0.0168. The minimum Gasteiger partial charge on any atom is -0.466 e. The van der Waals surface area contributed by atoms with Crippen molar-refractivity contribution in [3.8, 4) is 0 Å². The van der Waals surface area contributed by atoms with Crippen LogP contribution in [0, 0.1) is 5.92 Å². The third-order valence-corrected chi connectivity index (χ3v) is 7.01. The van der Waals surface area contributed by atoms with Crippen molar-refractivity contribution < 1.29 is 31.1 Å². The van der Waals surface area contributed by atoms with E-state index in [0.29, 0.717) is 44.1 Å². The third kappa shape index (κ3) is 7.42. The fourth-order valence-electron chi connectivity index (χ4n) is 3.78. The SMILES string of the molecule is CCOC(=O)[C@H]1CC[C@@H](Nc2ncc(C(F)(F)F)c(NCc3cccnc3NS(=O)(=O)CC)n2)CC1. The first-order chi connectivity index (χ1) is 17.0. The number of hydrogen-bond acceptors (Lipinski definition) is 9. The zero-order valence-electron chi connectivity index (χ0n) is 19.9. The lowest BCUT2D eigenvalue weighted by atomic mass is 9.86. The molecule has 2 heterocycles. The molecular formula is C22H29F3N6O4S. The van der Waals surface area contributed by atoms with Crippen LogP contribution in [0.3, 0.4) is 0 Å². The lowest BCUT2D eigenvalue weighted by Crippen LogP contribution is -2.31. The molecule has 0 unspecified atom stereocenters. The Hall–Kier alpha value is -3.16. The van der Waals surface area contributed by atoms with Crippen LogP contribution in [0.5, 0.6) is 0 Å². The summed E-state index contributed by atoms with van der Waals surface area (Å²) in [5.74, 6) is -1.02. The smallest absolute Gasteiger partial charge is 0.421 e. The quantitative estimate of drug-likeness (QED) is 0.392. The molecule has 0 saturated heterocycles.